The summed E-state index contributed by atoms with van der Waals surface area (Å²) >= 11 is 0. The van der Waals surface area contributed by atoms with Crippen molar-refractivity contribution in [3.63, 3.8) is 0 Å². The number of carbonyl (C=O) groups excluding carboxylic acids is 1. The summed E-state index contributed by atoms with van der Waals surface area (Å²) in [5.74, 6) is 0.973. The van der Waals surface area contributed by atoms with Gasteiger partial charge < -0.3 is 15.4 Å². The third-order valence-electron chi connectivity index (χ3n) is 6.46. The Bertz CT molecular complexity index is 1680. The molecule has 1 atom stereocenters. The Hall–Kier alpha value is -4.45. The van der Waals surface area contributed by atoms with Crippen LogP contribution < -0.4 is 15.4 Å². The lowest BCUT2D eigenvalue weighted by molar-refractivity contribution is -0.137. The van der Waals surface area contributed by atoms with Gasteiger partial charge >= 0.3 is 6.18 Å². The quantitative estimate of drug-likeness (QED) is 0.223. The molecule has 8 nitrogen and oxygen atoms in total. The minimum atomic E-state index is -4.54. The first-order valence-corrected chi connectivity index (χ1v) is 14.5. The van der Waals surface area contributed by atoms with Crippen molar-refractivity contribution in [3.05, 3.63) is 90.1 Å². The van der Waals surface area contributed by atoms with Gasteiger partial charge in [-0.15, -0.1) is 0 Å². The molecule has 2 heterocycles. The van der Waals surface area contributed by atoms with Gasteiger partial charge in [0.15, 0.2) is 12.4 Å². The Morgan fingerprint density at radius 1 is 1.02 bits per heavy atom. The molecule has 3 aromatic carbocycles. The number of carbonyl (C=O) groups is 1. The van der Waals surface area contributed by atoms with Gasteiger partial charge in [-0.1, -0.05) is 30.3 Å². The van der Waals surface area contributed by atoms with Gasteiger partial charge in [-0.25, -0.2) is 14.0 Å². The number of hydrogen-bond acceptors (Lipinski definition) is 8. The lowest BCUT2D eigenvalue weighted by Crippen LogP contribution is -2.13. The molecule has 0 amide bonds. The highest BCUT2D eigenvalue weighted by Crippen LogP contribution is 2.31. The van der Waals surface area contributed by atoms with Crippen LogP contribution in [0.15, 0.2) is 83.9 Å². The molecule has 1 aliphatic rings. The summed E-state index contributed by atoms with van der Waals surface area (Å²) < 4.78 is 65.7. The fourth-order valence-corrected chi connectivity index (χ4v) is 5.75. The van der Waals surface area contributed by atoms with E-state index in [4.69, 9.17) is 9.52 Å². The van der Waals surface area contributed by atoms with Crippen LogP contribution in [0.5, 0.6) is 5.75 Å². The number of ketones is 1. The van der Waals surface area contributed by atoms with E-state index in [1.807, 2.05) is 0 Å². The van der Waals surface area contributed by atoms with Crippen LogP contribution in [-0.4, -0.2) is 38.9 Å². The number of halogens is 3. The smallest absolute Gasteiger partial charge is 0.416 e. The summed E-state index contributed by atoms with van der Waals surface area (Å²) in [5, 5.41) is 6.43. The Balaban J connectivity index is 1.31. The summed E-state index contributed by atoms with van der Waals surface area (Å²) in [7, 11) is -2.91. The van der Waals surface area contributed by atoms with Crippen LogP contribution in [0, 0.1) is 4.78 Å². The maximum Gasteiger partial charge on any atom is 0.416 e. The Morgan fingerprint density at radius 3 is 2.59 bits per heavy atom. The molecule has 0 saturated heterocycles. The van der Waals surface area contributed by atoms with E-state index in [0.717, 1.165) is 23.3 Å². The minimum absolute atomic E-state index is 0.0785. The molecule has 0 aliphatic carbocycles. The third-order valence-corrected chi connectivity index (χ3v) is 8.34. The van der Waals surface area contributed by atoms with E-state index in [1.54, 1.807) is 54.7 Å². The average Bonchev–Trinajstić information content (AvgIpc) is 2.96. The first-order chi connectivity index (χ1) is 19.6. The number of hydrogen-bond donors (Lipinski definition) is 3. The summed E-state index contributed by atoms with van der Waals surface area (Å²) in [6.07, 6.45) is -1.58. The van der Waals surface area contributed by atoms with Crippen molar-refractivity contribution in [2.75, 3.05) is 29.5 Å². The van der Waals surface area contributed by atoms with Crippen molar-refractivity contribution in [2.45, 2.75) is 23.9 Å². The SMILES string of the molecule is N=S1(=O)CCCCNc2nc(ncc2-c2ccc(OCC(=O)c3cccc(C(F)(F)F)c3)cc2)Nc2cccc1c2. The number of benzene rings is 3. The highest BCUT2D eigenvalue weighted by Gasteiger charge is 2.31. The van der Waals surface area contributed by atoms with E-state index >= 15 is 0 Å². The highest BCUT2D eigenvalue weighted by atomic mass is 32.2. The normalized spacial score (nSPS) is 17.1. The molecule has 1 aromatic heterocycles. The predicted molar refractivity (Wildman–Crippen MR) is 150 cm³/mol. The molecule has 1 aliphatic heterocycles. The Kier molecular flexibility index (Phi) is 7.93. The maximum atomic E-state index is 13.0. The van der Waals surface area contributed by atoms with E-state index in [-0.39, 0.29) is 11.3 Å². The van der Waals surface area contributed by atoms with Gasteiger partial charge in [0.25, 0.3) is 0 Å². The number of Topliss-reactive ketones (excluding diaryl/α,β-unsaturated/α-hetero) is 1. The lowest BCUT2D eigenvalue weighted by atomic mass is 10.1. The number of nitrogens with zero attached hydrogens (tertiary/aromatic N) is 2. The molecule has 4 aromatic rings. The molecule has 0 radical (unpaired) electrons. The number of anilines is 3. The zero-order valence-corrected chi connectivity index (χ0v) is 22.5. The standard InChI is InChI=1S/C29H26F3N5O3S/c30-29(31,32)21-6-3-5-20(15-21)26(38)18-40-23-11-9-19(10-12-23)25-17-35-28-36-22-7-4-8-24(16-22)41(33,39)14-2-1-13-34-27(25)37-28/h3-12,15-17,33H,1-2,13-14,18H2,(H2,34,35,36,37). The zero-order valence-electron chi connectivity index (χ0n) is 21.7. The second kappa shape index (κ2) is 11.6. The molecule has 12 heteroatoms. The largest absolute Gasteiger partial charge is 0.485 e. The highest BCUT2D eigenvalue weighted by molar-refractivity contribution is 7.92. The van der Waals surface area contributed by atoms with E-state index in [2.05, 4.69) is 20.6 Å². The van der Waals surface area contributed by atoms with Crippen LogP contribution in [0.1, 0.15) is 28.8 Å². The van der Waals surface area contributed by atoms with Crippen LogP contribution in [0.25, 0.3) is 11.1 Å². The lowest BCUT2D eigenvalue weighted by Gasteiger charge is -2.14. The summed E-state index contributed by atoms with van der Waals surface area (Å²) in [4.78, 5) is 22.0. The molecule has 5 rings (SSSR count). The number of fused-ring (bicyclic) bond motifs is 4. The fourth-order valence-electron chi connectivity index (χ4n) is 4.28. The molecule has 0 saturated carbocycles. The van der Waals surface area contributed by atoms with Crippen LogP contribution in [0.3, 0.4) is 0 Å². The second-order valence-corrected chi connectivity index (χ2v) is 11.7. The van der Waals surface area contributed by atoms with Crippen molar-refractivity contribution in [1.82, 2.24) is 9.97 Å². The predicted octanol–water partition coefficient (Wildman–Crippen LogP) is 6.78. The molecule has 212 valence electrons. The van der Waals surface area contributed by atoms with Gasteiger partial charge in [0.2, 0.25) is 5.95 Å². The zero-order chi connectivity index (χ0) is 29.0. The van der Waals surface area contributed by atoms with Gasteiger partial charge in [0.05, 0.1) is 15.3 Å². The molecule has 4 bridgehead atoms. The van der Waals surface area contributed by atoms with Gasteiger partial charge in [0.1, 0.15) is 11.6 Å². The average molecular weight is 582 g/mol. The van der Waals surface area contributed by atoms with Gasteiger partial charge in [0, 0.05) is 40.2 Å². The molecular formula is C29H26F3N5O3S. The number of ether oxygens (including phenoxy) is 1. The van der Waals surface area contributed by atoms with E-state index in [9.17, 15) is 22.2 Å². The first kappa shape index (κ1) is 28.1. The van der Waals surface area contributed by atoms with Crippen molar-refractivity contribution in [1.29, 1.82) is 4.78 Å². The third kappa shape index (κ3) is 6.83. The topological polar surface area (TPSA) is 117 Å². The summed E-state index contributed by atoms with van der Waals surface area (Å²) in [6, 6.07) is 18.0. The minimum Gasteiger partial charge on any atom is -0.485 e. The number of aromatic nitrogens is 2. The van der Waals surface area contributed by atoms with Gasteiger partial charge in [-0.2, -0.15) is 18.2 Å². The fraction of sp³-hybridized carbons (Fsp3) is 0.207. The Labute approximate surface area is 235 Å². The molecule has 0 fully saturated rings. The molecule has 41 heavy (non-hydrogen) atoms. The summed E-state index contributed by atoms with van der Waals surface area (Å²) in [5.41, 5.74) is 1.15. The van der Waals surface area contributed by atoms with Crippen molar-refractivity contribution < 1.29 is 26.9 Å². The summed E-state index contributed by atoms with van der Waals surface area (Å²) in [6.45, 7) is 0.137. The molecule has 0 spiro atoms. The molecule has 3 N–H and O–H groups in total. The van der Waals surface area contributed by atoms with Gasteiger partial charge in [-0.05, 0) is 60.9 Å². The molecule has 1 unspecified atom stereocenters. The first-order valence-electron chi connectivity index (χ1n) is 12.8. The maximum absolute atomic E-state index is 13.0. The Morgan fingerprint density at radius 2 is 1.80 bits per heavy atom. The second-order valence-electron chi connectivity index (χ2n) is 9.44. The number of alkyl halides is 3. The number of rotatable bonds is 5. The number of nitrogens with one attached hydrogen (secondary N) is 3. The van der Waals surface area contributed by atoms with E-state index in [1.165, 1.54) is 12.1 Å². The van der Waals surface area contributed by atoms with Crippen molar-refractivity contribution in [2.24, 2.45) is 0 Å². The molecular weight excluding hydrogens is 555 g/mol. The van der Waals surface area contributed by atoms with Crippen molar-refractivity contribution >= 4 is 33.0 Å². The van der Waals surface area contributed by atoms with Crippen LogP contribution in [0.2, 0.25) is 0 Å². The van der Waals surface area contributed by atoms with Gasteiger partial charge in [-0.3, -0.25) is 4.79 Å². The monoisotopic (exact) mass is 581 g/mol. The van der Waals surface area contributed by atoms with Crippen LogP contribution >= 0.6 is 0 Å². The van der Waals surface area contributed by atoms with Crippen LogP contribution in [-0.2, 0) is 15.9 Å². The van der Waals surface area contributed by atoms with E-state index in [0.29, 0.717) is 47.5 Å². The van der Waals surface area contributed by atoms with Crippen molar-refractivity contribution in [3.8, 4) is 16.9 Å². The van der Waals surface area contributed by atoms with E-state index < -0.39 is 33.9 Å². The van der Waals surface area contributed by atoms with Crippen LogP contribution in [0.4, 0.5) is 30.6 Å².